The third-order valence-corrected chi connectivity index (χ3v) is 15.5. The zero-order valence-electron chi connectivity index (χ0n) is 33.5. The lowest BCUT2D eigenvalue weighted by Crippen LogP contribution is -2.46. The summed E-state index contributed by atoms with van der Waals surface area (Å²) in [6, 6.07) is 12.9. The SMILES string of the molecule is CCCCCc1cc2c(cc1Nc1nccc(-c3cc(C#N)c4c(c3)[C@@](C)(CO[Si](C)(C)C(C)(C)C)CN4C(=O)OC(C)(C)C)n1)CCN(C)CC2. The van der Waals surface area contributed by atoms with Gasteiger partial charge >= 0.3 is 6.09 Å². The molecule has 3 aromatic rings. The highest BCUT2D eigenvalue weighted by Crippen LogP contribution is 2.47. The molecule has 0 spiro atoms. The van der Waals surface area contributed by atoms with Crippen LogP contribution in [0.3, 0.4) is 0 Å². The molecule has 1 aromatic heterocycles. The maximum atomic E-state index is 13.7. The number of hydrogen-bond acceptors (Lipinski definition) is 8. The Kier molecular flexibility index (Phi) is 11.6. The van der Waals surface area contributed by atoms with Crippen LogP contribution in [0.15, 0.2) is 36.5 Å². The number of likely N-dealkylation sites (N-methyl/N-ethyl adjacent to an activating group) is 1. The fraction of sp³-hybridized carbons (Fsp3) is 0.571. The van der Waals surface area contributed by atoms with E-state index in [9.17, 15) is 10.1 Å². The van der Waals surface area contributed by atoms with Crippen LogP contribution >= 0.6 is 0 Å². The first kappa shape index (κ1) is 39.4. The molecule has 0 aliphatic carbocycles. The Balaban J connectivity index is 1.54. The second-order valence-corrected chi connectivity index (χ2v) is 22.4. The van der Waals surface area contributed by atoms with Gasteiger partial charge in [0.25, 0.3) is 0 Å². The van der Waals surface area contributed by atoms with Crippen molar-refractivity contribution >= 4 is 31.7 Å². The largest absolute Gasteiger partial charge is 0.443 e. The smallest absolute Gasteiger partial charge is 0.414 e. The number of ether oxygens (including phenoxy) is 1. The van der Waals surface area contributed by atoms with Gasteiger partial charge in [0.05, 0.1) is 16.9 Å². The van der Waals surface area contributed by atoms with Crippen molar-refractivity contribution in [2.45, 2.75) is 123 Å². The van der Waals surface area contributed by atoms with Crippen molar-refractivity contribution in [3.8, 4) is 17.3 Å². The van der Waals surface area contributed by atoms with Crippen LogP contribution in [0.5, 0.6) is 0 Å². The molecule has 1 atom stereocenters. The first-order valence-corrected chi connectivity index (χ1v) is 21.9. The summed E-state index contributed by atoms with van der Waals surface area (Å²) < 4.78 is 12.7. The molecule has 0 saturated heterocycles. The molecule has 9 nitrogen and oxygen atoms in total. The van der Waals surface area contributed by atoms with Gasteiger partial charge in [-0.25, -0.2) is 14.8 Å². The number of aromatic nitrogens is 2. The summed E-state index contributed by atoms with van der Waals surface area (Å²) >= 11 is 0. The zero-order chi connectivity index (χ0) is 38.1. The lowest BCUT2D eigenvalue weighted by atomic mass is 9.83. The van der Waals surface area contributed by atoms with Gasteiger partial charge in [0.1, 0.15) is 11.7 Å². The van der Waals surface area contributed by atoms with Crippen LogP contribution in [-0.2, 0) is 33.8 Å². The summed E-state index contributed by atoms with van der Waals surface area (Å²) in [5.74, 6) is 0.512. The number of carbonyl (C=O) groups is 1. The minimum atomic E-state index is -2.13. The first-order chi connectivity index (χ1) is 24.3. The quantitative estimate of drug-likeness (QED) is 0.163. The molecule has 1 amide bonds. The van der Waals surface area contributed by atoms with Gasteiger partial charge in [0, 0.05) is 49.1 Å². The van der Waals surface area contributed by atoms with E-state index >= 15 is 0 Å². The van der Waals surface area contributed by atoms with E-state index in [1.54, 1.807) is 11.1 Å². The molecule has 0 bridgehead atoms. The molecule has 52 heavy (non-hydrogen) atoms. The second-order valence-electron chi connectivity index (χ2n) is 17.6. The van der Waals surface area contributed by atoms with Crippen LogP contribution < -0.4 is 10.2 Å². The summed E-state index contributed by atoms with van der Waals surface area (Å²) in [5, 5.41) is 14.2. The van der Waals surface area contributed by atoms with Gasteiger partial charge in [-0.15, -0.1) is 0 Å². The first-order valence-electron chi connectivity index (χ1n) is 19.0. The molecule has 3 heterocycles. The molecule has 2 aliphatic heterocycles. The lowest BCUT2D eigenvalue weighted by Gasteiger charge is -2.39. The Morgan fingerprint density at radius 1 is 1.06 bits per heavy atom. The van der Waals surface area contributed by atoms with Gasteiger partial charge < -0.3 is 19.4 Å². The summed E-state index contributed by atoms with van der Waals surface area (Å²) in [5.41, 5.74) is 7.28. The third kappa shape index (κ3) is 8.87. The molecule has 2 aliphatic rings. The van der Waals surface area contributed by atoms with E-state index in [1.807, 2.05) is 32.9 Å². The standard InChI is InChI=1S/C42H60N6O3Si/c1-12-13-14-15-31-22-29-17-20-47(9)21-18-30(29)25-36(31)46-38-44-19-16-35(45-38)32-23-33(26-43)37-34(24-32)42(8,28-50-52(10,11)41(5,6)7)27-48(37)39(49)51-40(2,3)4/h16,19,22-25H,12-15,17-18,20-21,27-28H2,1-11H3,(H,44,45,46)/t42-/m1/s1. The number of hydrogen-bond donors (Lipinski definition) is 1. The van der Waals surface area contributed by atoms with Crippen molar-refractivity contribution in [2.24, 2.45) is 0 Å². The van der Waals surface area contributed by atoms with Crippen LogP contribution in [0.25, 0.3) is 11.3 Å². The van der Waals surface area contributed by atoms with E-state index in [4.69, 9.17) is 14.1 Å². The number of fused-ring (bicyclic) bond motifs is 2. The van der Waals surface area contributed by atoms with E-state index in [2.05, 4.69) is 94.2 Å². The van der Waals surface area contributed by atoms with Crippen molar-refractivity contribution in [3.05, 3.63) is 64.3 Å². The number of nitriles is 1. The Hall–Kier alpha value is -3.78. The molecule has 2 aromatic carbocycles. The summed E-state index contributed by atoms with van der Waals surface area (Å²) in [6.07, 6.45) is 7.87. The molecule has 5 rings (SSSR count). The number of benzene rings is 2. The van der Waals surface area contributed by atoms with Crippen LogP contribution in [-0.4, -0.2) is 68.2 Å². The highest BCUT2D eigenvalue weighted by Gasteiger charge is 2.47. The van der Waals surface area contributed by atoms with E-state index in [-0.39, 0.29) is 5.04 Å². The molecule has 0 fully saturated rings. The Morgan fingerprint density at radius 3 is 2.38 bits per heavy atom. The average Bonchev–Trinajstić information content (AvgIpc) is 3.25. The van der Waals surface area contributed by atoms with Crippen LogP contribution in [0, 0.1) is 11.3 Å². The number of amides is 1. The minimum Gasteiger partial charge on any atom is -0.443 e. The molecule has 280 valence electrons. The Labute approximate surface area is 313 Å². The lowest BCUT2D eigenvalue weighted by molar-refractivity contribution is 0.0575. The van der Waals surface area contributed by atoms with Crippen LogP contribution in [0.2, 0.25) is 18.1 Å². The van der Waals surface area contributed by atoms with Gasteiger partial charge in [0.2, 0.25) is 5.95 Å². The molecule has 0 unspecified atom stereocenters. The van der Waals surface area contributed by atoms with Crippen molar-refractivity contribution in [2.75, 3.05) is 43.5 Å². The maximum absolute atomic E-state index is 13.7. The number of carbonyl (C=O) groups excluding carboxylic acids is 1. The number of unbranched alkanes of at least 4 members (excludes halogenated alkanes) is 2. The normalized spacial score (nSPS) is 18.0. The molecule has 1 N–H and O–H groups in total. The van der Waals surface area contributed by atoms with Crippen LogP contribution in [0.1, 0.15) is 102 Å². The van der Waals surface area contributed by atoms with Crippen LogP contribution in [0.4, 0.5) is 22.1 Å². The molecule has 0 saturated carbocycles. The number of anilines is 3. The summed E-state index contributed by atoms with van der Waals surface area (Å²) in [6.45, 7) is 23.9. The van der Waals surface area contributed by atoms with Gasteiger partial charge in [-0.2, -0.15) is 5.26 Å². The summed E-state index contributed by atoms with van der Waals surface area (Å²) in [4.78, 5) is 27.4. The average molecular weight is 725 g/mol. The predicted octanol–water partition coefficient (Wildman–Crippen LogP) is 9.56. The van der Waals surface area contributed by atoms with Gasteiger partial charge in [-0.1, -0.05) is 53.5 Å². The second kappa shape index (κ2) is 15.3. The van der Waals surface area contributed by atoms with Gasteiger partial charge in [0.15, 0.2) is 8.32 Å². The Morgan fingerprint density at radius 2 is 1.75 bits per heavy atom. The number of aryl methyl sites for hydroxylation is 1. The fourth-order valence-electron chi connectivity index (χ4n) is 6.81. The maximum Gasteiger partial charge on any atom is 0.414 e. The number of rotatable bonds is 10. The van der Waals surface area contributed by atoms with E-state index in [0.29, 0.717) is 36.0 Å². The highest BCUT2D eigenvalue weighted by atomic mass is 28.4. The van der Waals surface area contributed by atoms with Crippen molar-refractivity contribution < 1.29 is 14.0 Å². The van der Waals surface area contributed by atoms with E-state index < -0.39 is 25.4 Å². The molecule has 10 heteroatoms. The number of nitrogens with zero attached hydrogens (tertiary/aromatic N) is 5. The minimum absolute atomic E-state index is 0.0170. The van der Waals surface area contributed by atoms with E-state index in [0.717, 1.165) is 55.6 Å². The van der Waals surface area contributed by atoms with Crippen molar-refractivity contribution in [1.29, 1.82) is 5.26 Å². The summed E-state index contributed by atoms with van der Waals surface area (Å²) in [7, 11) is 0.0623. The van der Waals surface area contributed by atoms with E-state index in [1.165, 1.54) is 29.5 Å². The molecule has 0 radical (unpaired) electrons. The predicted molar refractivity (Wildman–Crippen MR) is 214 cm³/mol. The topological polar surface area (TPSA) is 104 Å². The van der Waals surface area contributed by atoms with Crippen molar-refractivity contribution in [3.63, 3.8) is 0 Å². The zero-order valence-corrected chi connectivity index (χ0v) is 34.5. The Bertz CT molecular complexity index is 1820. The number of nitrogens with one attached hydrogen (secondary N) is 1. The van der Waals surface area contributed by atoms with Gasteiger partial charge in [-0.3, -0.25) is 4.90 Å². The molecular formula is C42H60N6O3Si. The van der Waals surface area contributed by atoms with Gasteiger partial charge in [-0.05, 0) is 118 Å². The third-order valence-electron chi connectivity index (χ3n) is 11.0. The van der Waals surface area contributed by atoms with Crippen molar-refractivity contribution in [1.82, 2.24) is 14.9 Å². The fourth-order valence-corrected chi connectivity index (χ4v) is 7.93. The molecular weight excluding hydrogens is 665 g/mol. The monoisotopic (exact) mass is 724 g/mol. The highest BCUT2D eigenvalue weighted by molar-refractivity contribution is 6.74.